The minimum atomic E-state index is -0.206. The van der Waals surface area contributed by atoms with Gasteiger partial charge in [-0.3, -0.25) is 4.79 Å². The summed E-state index contributed by atoms with van der Waals surface area (Å²) in [6, 6.07) is 0.229. The largest absolute Gasteiger partial charge is 0.393 e. The molecular formula is C14H28N2O2. The topological polar surface area (TPSA) is 52.6 Å². The zero-order valence-corrected chi connectivity index (χ0v) is 12.1. The Hall–Kier alpha value is -0.610. The fraction of sp³-hybridized carbons (Fsp3) is 0.929. The molecule has 1 amide bonds. The Bertz CT molecular complexity index is 269. The lowest BCUT2D eigenvalue weighted by Gasteiger charge is -2.37. The van der Waals surface area contributed by atoms with Crippen LogP contribution in [-0.2, 0) is 4.79 Å². The van der Waals surface area contributed by atoms with Crippen LogP contribution < -0.4 is 5.32 Å². The molecule has 1 saturated heterocycles. The van der Waals surface area contributed by atoms with Gasteiger partial charge in [0.05, 0.1) is 6.10 Å². The summed E-state index contributed by atoms with van der Waals surface area (Å²) < 4.78 is 0. The highest BCUT2D eigenvalue weighted by atomic mass is 16.3. The Morgan fingerprint density at radius 2 is 2.11 bits per heavy atom. The summed E-state index contributed by atoms with van der Waals surface area (Å²) in [5.41, 5.74) is 0. The van der Waals surface area contributed by atoms with E-state index in [1.54, 1.807) is 0 Å². The first kappa shape index (κ1) is 15.4. The molecule has 3 atom stereocenters. The van der Waals surface area contributed by atoms with Crippen molar-refractivity contribution in [2.45, 2.75) is 52.2 Å². The van der Waals surface area contributed by atoms with Crippen LogP contribution in [0.25, 0.3) is 0 Å². The highest BCUT2D eigenvalue weighted by Crippen LogP contribution is 2.21. The van der Waals surface area contributed by atoms with Gasteiger partial charge >= 0.3 is 0 Å². The molecule has 0 bridgehead atoms. The van der Waals surface area contributed by atoms with Crippen molar-refractivity contribution in [3.8, 4) is 0 Å². The van der Waals surface area contributed by atoms with Crippen LogP contribution in [0, 0.1) is 11.8 Å². The van der Waals surface area contributed by atoms with Crippen molar-refractivity contribution in [3.05, 3.63) is 0 Å². The minimum Gasteiger partial charge on any atom is -0.393 e. The fourth-order valence-corrected chi connectivity index (χ4v) is 2.64. The first-order valence-corrected chi connectivity index (χ1v) is 7.09. The molecule has 0 saturated carbocycles. The van der Waals surface area contributed by atoms with Crippen molar-refractivity contribution >= 4 is 5.91 Å². The molecule has 0 aromatic carbocycles. The first-order chi connectivity index (χ1) is 8.42. The minimum absolute atomic E-state index is 0.0388. The monoisotopic (exact) mass is 256 g/mol. The van der Waals surface area contributed by atoms with E-state index < -0.39 is 0 Å². The highest BCUT2D eigenvalue weighted by Gasteiger charge is 2.27. The number of nitrogens with zero attached hydrogens (tertiary/aromatic N) is 1. The van der Waals surface area contributed by atoms with E-state index in [9.17, 15) is 9.90 Å². The van der Waals surface area contributed by atoms with Crippen molar-refractivity contribution in [3.63, 3.8) is 0 Å². The van der Waals surface area contributed by atoms with Gasteiger partial charge in [-0.1, -0.05) is 20.8 Å². The Labute approximate surface area is 111 Å². The zero-order valence-electron chi connectivity index (χ0n) is 12.1. The predicted molar refractivity (Wildman–Crippen MR) is 73.3 cm³/mol. The van der Waals surface area contributed by atoms with E-state index in [2.05, 4.69) is 17.3 Å². The van der Waals surface area contributed by atoms with Crippen molar-refractivity contribution < 1.29 is 9.90 Å². The first-order valence-electron chi connectivity index (χ1n) is 7.09. The molecular weight excluding hydrogens is 228 g/mol. The second kappa shape index (κ2) is 7.10. The van der Waals surface area contributed by atoms with Crippen LogP contribution in [0.3, 0.4) is 0 Å². The van der Waals surface area contributed by atoms with Gasteiger partial charge in [-0.15, -0.1) is 0 Å². The number of aliphatic hydroxyl groups is 1. The standard InChI is InChI=1S/C14H28N2O2/c1-5-13(17)7-11-6-12(9-16(4)8-11)15-14(18)10(2)3/h10-13,17H,5-9H2,1-4H3,(H,15,18). The van der Waals surface area contributed by atoms with E-state index in [-0.39, 0.29) is 24.0 Å². The lowest BCUT2D eigenvalue weighted by molar-refractivity contribution is -0.125. The summed E-state index contributed by atoms with van der Waals surface area (Å²) in [6.45, 7) is 7.78. The lowest BCUT2D eigenvalue weighted by atomic mass is 9.89. The molecule has 2 N–H and O–H groups in total. The summed E-state index contributed by atoms with van der Waals surface area (Å²) in [4.78, 5) is 14.0. The normalized spacial score (nSPS) is 27.2. The molecule has 106 valence electrons. The summed E-state index contributed by atoms with van der Waals surface area (Å²) in [5.74, 6) is 0.651. The molecule has 0 aromatic rings. The van der Waals surface area contributed by atoms with Crippen molar-refractivity contribution in [2.24, 2.45) is 11.8 Å². The molecule has 3 unspecified atom stereocenters. The summed E-state index contributed by atoms with van der Waals surface area (Å²) in [5, 5.41) is 12.9. The highest BCUT2D eigenvalue weighted by molar-refractivity contribution is 5.78. The van der Waals surface area contributed by atoms with Crippen molar-refractivity contribution in [1.29, 1.82) is 0 Å². The molecule has 1 aliphatic rings. The van der Waals surface area contributed by atoms with Crippen LogP contribution in [0.4, 0.5) is 0 Å². The molecule has 4 nitrogen and oxygen atoms in total. The molecule has 0 aliphatic carbocycles. The summed E-state index contributed by atoms with van der Waals surface area (Å²) in [6.07, 6.45) is 2.43. The molecule has 1 fully saturated rings. The third-order valence-electron chi connectivity index (χ3n) is 3.67. The summed E-state index contributed by atoms with van der Waals surface area (Å²) in [7, 11) is 2.08. The zero-order chi connectivity index (χ0) is 13.7. The second-order valence-corrected chi connectivity index (χ2v) is 5.98. The molecule has 1 rings (SSSR count). The van der Waals surface area contributed by atoms with Crippen molar-refractivity contribution in [1.82, 2.24) is 10.2 Å². The average Bonchev–Trinajstić information content (AvgIpc) is 2.27. The fourth-order valence-electron chi connectivity index (χ4n) is 2.64. The molecule has 0 spiro atoms. The Morgan fingerprint density at radius 1 is 1.44 bits per heavy atom. The average molecular weight is 256 g/mol. The van der Waals surface area contributed by atoms with E-state index >= 15 is 0 Å². The number of piperidine rings is 1. The molecule has 18 heavy (non-hydrogen) atoms. The number of hydrogen-bond donors (Lipinski definition) is 2. The van der Waals surface area contributed by atoms with E-state index in [0.717, 1.165) is 32.4 Å². The molecule has 0 radical (unpaired) electrons. The van der Waals surface area contributed by atoms with Crippen molar-refractivity contribution in [2.75, 3.05) is 20.1 Å². The van der Waals surface area contributed by atoms with Gasteiger partial charge in [-0.25, -0.2) is 0 Å². The van der Waals surface area contributed by atoms with E-state index in [1.165, 1.54) is 0 Å². The van der Waals surface area contributed by atoms with E-state index in [1.807, 2.05) is 20.8 Å². The maximum Gasteiger partial charge on any atom is 0.222 e. The molecule has 0 aromatic heterocycles. The number of carbonyl (C=O) groups excluding carboxylic acids is 1. The van der Waals surface area contributed by atoms with Gasteiger partial charge in [0, 0.05) is 25.0 Å². The summed E-state index contributed by atoms with van der Waals surface area (Å²) >= 11 is 0. The maximum atomic E-state index is 11.7. The number of rotatable bonds is 5. The maximum absolute atomic E-state index is 11.7. The van der Waals surface area contributed by atoms with Crippen LogP contribution in [0.5, 0.6) is 0 Å². The second-order valence-electron chi connectivity index (χ2n) is 5.98. The number of likely N-dealkylation sites (tertiary alicyclic amines) is 1. The Kier molecular flexibility index (Phi) is 6.09. The number of nitrogens with one attached hydrogen (secondary N) is 1. The Morgan fingerprint density at radius 3 is 2.67 bits per heavy atom. The third kappa shape index (κ3) is 4.94. The van der Waals surface area contributed by atoms with Crippen LogP contribution in [-0.4, -0.2) is 48.2 Å². The SMILES string of the molecule is CCC(O)CC1CC(NC(=O)C(C)C)CN(C)C1. The number of amides is 1. The third-order valence-corrected chi connectivity index (χ3v) is 3.67. The van der Waals surface area contributed by atoms with Crippen LogP contribution in [0.2, 0.25) is 0 Å². The van der Waals surface area contributed by atoms with E-state index in [0.29, 0.717) is 5.92 Å². The van der Waals surface area contributed by atoms with Crippen LogP contribution >= 0.6 is 0 Å². The van der Waals surface area contributed by atoms with Crippen LogP contribution in [0.1, 0.15) is 40.0 Å². The van der Waals surface area contributed by atoms with Gasteiger partial charge in [0.15, 0.2) is 0 Å². The van der Waals surface area contributed by atoms with Gasteiger partial charge in [0.2, 0.25) is 5.91 Å². The van der Waals surface area contributed by atoms with Gasteiger partial charge in [-0.2, -0.15) is 0 Å². The van der Waals surface area contributed by atoms with E-state index in [4.69, 9.17) is 0 Å². The number of likely N-dealkylation sites (N-methyl/N-ethyl adjacent to an activating group) is 1. The number of hydrogen-bond acceptors (Lipinski definition) is 3. The van der Waals surface area contributed by atoms with Gasteiger partial charge < -0.3 is 15.3 Å². The molecule has 1 aliphatic heterocycles. The quantitative estimate of drug-likeness (QED) is 0.778. The van der Waals surface area contributed by atoms with Crippen LogP contribution in [0.15, 0.2) is 0 Å². The van der Waals surface area contributed by atoms with Gasteiger partial charge in [-0.05, 0) is 32.2 Å². The number of aliphatic hydroxyl groups excluding tert-OH is 1. The smallest absolute Gasteiger partial charge is 0.222 e. The molecule has 4 heteroatoms. The number of carbonyl (C=O) groups is 1. The van der Waals surface area contributed by atoms with Gasteiger partial charge in [0.1, 0.15) is 0 Å². The molecule has 1 heterocycles. The Balaban J connectivity index is 2.47. The van der Waals surface area contributed by atoms with Gasteiger partial charge in [0.25, 0.3) is 0 Å². The lowest BCUT2D eigenvalue weighted by Crippen LogP contribution is -2.50. The predicted octanol–water partition coefficient (Wildman–Crippen LogP) is 1.24.